The van der Waals surface area contributed by atoms with Crippen LogP contribution in [0.15, 0.2) is 58.4 Å². The maximum Gasteiger partial charge on any atom is 0.280 e. The summed E-state index contributed by atoms with van der Waals surface area (Å²) in [5.41, 5.74) is 4.47. The second kappa shape index (κ2) is 19.1. The molecular weight excluding hydrogens is 829 g/mol. The van der Waals surface area contributed by atoms with Gasteiger partial charge in [-0.15, -0.1) is 45.3 Å². The number of hydrogen-bond acceptors (Lipinski definition) is 6. The first-order valence-corrected chi connectivity index (χ1v) is 26.3. The van der Waals surface area contributed by atoms with Crippen molar-refractivity contribution in [1.29, 1.82) is 0 Å². The Morgan fingerprint density at radius 2 is 0.967 bits per heavy atom. The van der Waals surface area contributed by atoms with Crippen molar-refractivity contribution in [2.45, 2.75) is 170 Å². The van der Waals surface area contributed by atoms with Gasteiger partial charge in [-0.3, -0.25) is 19.0 Å². The molecule has 7 rings (SSSR count). The Labute approximate surface area is 379 Å². The van der Waals surface area contributed by atoms with E-state index in [9.17, 15) is 9.59 Å². The summed E-state index contributed by atoms with van der Waals surface area (Å²) >= 11 is 7.05. The minimum atomic E-state index is 0.0181. The van der Waals surface area contributed by atoms with Crippen molar-refractivity contribution in [3.8, 4) is 30.9 Å². The third-order valence-corrected chi connectivity index (χ3v) is 17.5. The van der Waals surface area contributed by atoms with Gasteiger partial charge in [0.25, 0.3) is 11.1 Å². The molecule has 0 N–H and O–H groups in total. The molecule has 6 aromatic heterocycles. The molecule has 7 aromatic rings. The van der Waals surface area contributed by atoms with Crippen LogP contribution in [0.25, 0.3) is 51.1 Å². The minimum Gasteiger partial charge on any atom is -0.287 e. The second-order valence-electron chi connectivity index (χ2n) is 19.2. The van der Waals surface area contributed by atoms with Gasteiger partial charge in [-0.05, 0) is 101 Å². The fourth-order valence-corrected chi connectivity index (χ4v) is 13.3. The third kappa shape index (κ3) is 9.58. The van der Waals surface area contributed by atoms with E-state index in [1.54, 1.807) is 34.0 Å². The molecule has 1 aromatic carbocycles. The van der Waals surface area contributed by atoms with Crippen LogP contribution in [0, 0.1) is 0 Å². The quantitative estimate of drug-likeness (QED) is 0.0760. The molecule has 6 nitrogen and oxygen atoms in total. The average molecular weight is 897 g/mol. The summed E-state index contributed by atoms with van der Waals surface area (Å²) in [6.45, 7) is 21.0. The van der Waals surface area contributed by atoms with Crippen molar-refractivity contribution in [3.63, 3.8) is 0 Å². The number of aromatic nitrogens is 4. The van der Waals surface area contributed by atoms with E-state index >= 15 is 0 Å². The van der Waals surface area contributed by atoms with Crippen molar-refractivity contribution in [1.82, 2.24) is 18.7 Å². The molecule has 0 radical (unpaired) electrons. The fraction of sp³-hybridized carbons (Fsp3) is 0.529. The molecular formula is C51H68N4O2S4. The molecule has 0 bridgehead atoms. The van der Waals surface area contributed by atoms with Crippen molar-refractivity contribution in [2.75, 3.05) is 0 Å². The Balaban J connectivity index is 1.40. The van der Waals surface area contributed by atoms with Gasteiger partial charge in [-0.2, -0.15) is 0 Å². The Morgan fingerprint density at radius 1 is 0.525 bits per heavy atom. The lowest BCUT2D eigenvalue weighted by Gasteiger charge is -2.15. The molecule has 61 heavy (non-hydrogen) atoms. The standard InChI is InChI=1S/C51H68N4O2S4/c1-11-14-17-20-23-34-36-30-40(38-32-52(10)54(48(38)56)44-27-25-42(60-44)50(4,5)6)58-46(36)35(24-21-18-15-12-2)37-31-41(59-47(34)37)39-33-53(29-22-19-16-13-3)55(49(39)57)45-28-26-43(61-45)51(7,8)9/h25-28,30-33H,11-24,29H2,1-10H3. The highest BCUT2D eigenvalue weighted by Crippen LogP contribution is 2.47. The number of hydrogen-bond donors (Lipinski definition) is 0. The minimum absolute atomic E-state index is 0.0181. The van der Waals surface area contributed by atoms with Gasteiger partial charge in [0.1, 0.15) is 10.0 Å². The topological polar surface area (TPSA) is 53.9 Å². The summed E-state index contributed by atoms with van der Waals surface area (Å²) in [6.07, 6.45) is 20.2. The normalized spacial score (nSPS) is 12.6. The van der Waals surface area contributed by atoms with Gasteiger partial charge in [0.2, 0.25) is 0 Å². The van der Waals surface area contributed by atoms with E-state index in [-0.39, 0.29) is 21.9 Å². The smallest absolute Gasteiger partial charge is 0.280 e. The number of rotatable bonds is 19. The molecule has 0 aliphatic heterocycles. The van der Waals surface area contributed by atoms with E-state index in [0.29, 0.717) is 0 Å². The Hall–Kier alpha value is -3.44. The summed E-state index contributed by atoms with van der Waals surface area (Å²) in [5.74, 6) is 0. The van der Waals surface area contributed by atoms with E-state index in [4.69, 9.17) is 0 Å². The average Bonchev–Trinajstić information content (AvgIpc) is 4.06. The summed E-state index contributed by atoms with van der Waals surface area (Å²) in [6, 6.07) is 13.3. The molecule has 0 saturated carbocycles. The van der Waals surface area contributed by atoms with Crippen LogP contribution in [0.5, 0.6) is 0 Å². The van der Waals surface area contributed by atoms with E-state index < -0.39 is 0 Å². The van der Waals surface area contributed by atoms with E-state index in [1.165, 1.54) is 92.4 Å². The maximum atomic E-state index is 14.8. The number of nitrogens with zero attached hydrogens (tertiary/aromatic N) is 4. The van der Waals surface area contributed by atoms with Crippen molar-refractivity contribution in [2.24, 2.45) is 7.05 Å². The molecule has 0 unspecified atom stereocenters. The number of benzene rings is 1. The lowest BCUT2D eigenvalue weighted by atomic mass is 9.94. The maximum absolute atomic E-state index is 14.8. The zero-order valence-electron chi connectivity index (χ0n) is 38.5. The molecule has 0 amide bonds. The Bertz CT molecular complexity index is 2640. The number of thiophene rings is 4. The highest BCUT2D eigenvalue weighted by molar-refractivity contribution is 7.24. The summed E-state index contributed by atoms with van der Waals surface area (Å²) in [4.78, 5) is 33.9. The lowest BCUT2D eigenvalue weighted by Crippen LogP contribution is -2.21. The van der Waals surface area contributed by atoms with E-state index in [2.05, 4.69) is 110 Å². The summed E-state index contributed by atoms with van der Waals surface area (Å²) in [7, 11) is 1.99. The molecule has 328 valence electrons. The van der Waals surface area contributed by atoms with Crippen LogP contribution in [0.2, 0.25) is 0 Å². The summed E-state index contributed by atoms with van der Waals surface area (Å²) < 4.78 is 10.6. The highest BCUT2D eigenvalue weighted by Gasteiger charge is 2.26. The highest BCUT2D eigenvalue weighted by atomic mass is 32.1. The van der Waals surface area contributed by atoms with Crippen LogP contribution in [-0.2, 0) is 37.3 Å². The SMILES string of the molecule is CCCCCCc1c2cc(-c3cn(CCCCCC)n(-c4ccc(C(C)(C)C)s4)c3=O)sc2c(CCCCCC)c2cc(-c3cn(C)n(-c4ccc(C(C)(C)C)s4)c3=O)sc12. The lowest BCUT2D eigenvalue weighted by molar-refractivity contribution is 0.501. The van der Waals surface area contributed by atoms with Crippen molar-refractivity contribution in [3.05, 3.63) is 90.4 Å². The molecule has 0 saturated heterocycles. The van der Waals surface area contributed by atoms with Gasteiger partial charge in [0, 0.05) is 54.9 Å². The zero-order chi connectivity index (χ0) is 43.6. The molecule has 0 fully saturated rings. The number of aryl methyl sites for hydroxylation is 4. The van der Waals surface area contributed by atoms with Crippen LogP contribution in [0.4, 0.5) is 0 Å². The predicted octanol–water partition coefficient (Wildman–Crippen LogP) is 15.4. The second-order valence-corrected chi connectivity index (χ2v) is 23.4. The Morgan fingerprint density at radius 3 is 1.43 bits per heavy atom. The molecule has 0 atom stereocenters. The fourth-order valence-electron chi connectivity index (χ4n) is 8.57. The largest absolute Gasteiger partial charge is 0.287 e. The predicted molar refractivity (Wildman–Crippen MR) is 269 cm³/mol. The first-order valence-electron chi connectivity index (χ1n) is 23.0. The van der Waals surface area contributed by atoms with Crippen molar-refractivity contribution < 1.29 is 0 Å². The molecule has 0 aliphatic rings. The first kappa shape index (κ1) is 45.6. The van der Waals surface area contributed by atoms with Gasteiger partial charge in [0.15, 0.2) is 0 Å². The first-order chi connectivity index (χ1) is 29.2. The molecule has 10 heteroatoms. The van der Waals surface area contributed by atoms with Gasteiger partial charge in [0.05, 0.1) is 11.1 Å². The number of unbranched alkanes of at least 4 members (excludes halogenated alkanes) is 9. The van der Waals surface area contributed by atoms with Crippen molar-refractivity contribution >= 4 is 65.5 Å². The number of fused-ring (bicyclic) bond motifs is 2. The van der Waals surface area contributed by atoms with Crippen LogP contribution in [0.1, 0.15) is 160 Å². The van der Waals surface area contributed by atoms with Gasteiger partial charge >= 0.3 is 0 Å². The summed E-state index contributed by atoms with van der Waals surface area (Å²) in [5, 5.41) is 4.54. The van der Waals surface area contributed by atoms with Gasteiger partial charge < -0.3 is 0 Å². The van der Waals surface area contributed by atoms with Gasteiger partial charge in [-0.1, -0.05) is 120 Å². The van der Waals surface area contributed by atoms with Gasteiger partial charge in [-0.25, -0.2) is 9.36 Å². The molecule has 0 spiro atoms. The Kier molecular flexibility index (Phi) is 14.3. The molecule has 6 heterocycles. The monoisotopic (exact) mass is 896 g/mol. The van der Waals surface area contributed by atoms with Crippen LogP contribution >= 0.6 is 45.3 Å². The van der Waals surface area contributed by atoms with E-state index in [1.807, 2.05) is 38.6 Å². The zero-order valence-corrected chi connectivity index (χ0v) is 41.7. The van der Waals surface area contributed by atoms with E-state index in [0.717, 1.165) is 76.0 Å². The third-order valence-electron chi connectivity index (χ3n) is 12.1. The van der Waals surface area contributed by atoms with Crippen LogP contribution in [-0.4, -0.2) is 18.7 Å². The van der Waals surface area contributed by atoms with Crippen LogP contribution < -0.4 is 11.1 Å². The molecule has 0 aliphatic carbocycles. The van der Waals surface area contributed by atoms with Crippen LogP contribution in [0.3, 0.4) is 0 Å².